The third kappa shape index (κ3) is 3.80. The highest BCUT2D eigenvalue weighted by Gasteiger charge is 2.30. The number of rotatable bonds is 6. The van der Waals surface area contributed by atoms with Gasteiger partial charge in [0.2, 0.25) is 0 Å². The van der Waals surface area contributed by atoms with Gasteiger partial charge in [0.05, 0.1) is 19.3 Å². The van der Waals surface area contributed by atoms with E-state index in [9.17, 15) is 0 Å². The summed E-state index contributed by atoms with van der Waals surface area (Å²) in [7, 11) is 4.11. The number of hydrogen-bond donors (Lipinski definition) is 0. The van der Waals surface area contributed by atoms with E-state index in [1.165, 1.54) is 12.8 Å². The molecule has 0 amide bonds. The average molecular weight is 343 g/mol. The maximum atomic E-state index is 5.95. The summed E-state index contributed by atoms with van der Waals surface area (Å²) in [6, 6.07) is 3.87. The molecule has 3 heterocycles. The van der Waals surface area contributed by atoms with Crippen LogP contribution in [0.25, 0.3) is 0 Å². The summed E-state index contributed by atoms with van der Waals surface area (Å²) in [6.45, 7) is 4.17. The summed E-state index contributed by atoms with van der Waals surface area (Å²) in [6.07, 6.45) is 4.34. The van der Waals surface area contributed by atoms with Crippen LogP contribution in [0.5, 0.6) is 0 Å². The standard InChI is InChI=1S/C17H25N7O/c1-22(15-4-3-7-18-19-15)10-14-11-24(8-9-25-14)12-16-20-21-17(23(16)2)13-5-6-13/h3-4,7,13-14H,5-6,8-12H2,1-2H3. The van der Waals surface area contributed by atoms with E-state index in [1.54, 1.807) is 6.20 Å². The summed E-state index contributed by atoms with van der Waals surface area (Å²) < 4.78 is 8.12. The van der Waals surface area contributed by atoms with Gasteiger partial charge in [-0.25, -0.2) is 0 Å². The van der Waals surface area contributed by atoms with Crippen LogP contribution >= 0.6 is 0 Å². The van der Waals surface area contributed by atoms with Crippen molar-refractivity contribution in [2.45, 2.75) is 31.4 Å². The van der Waals surface area contributed by atoms with Gasteiger partial charge in [-0.15, -0.1) is 15.3 Å². The van der Waals surface area contributed by atoms with Crippen molar-refractivity contribution >= 4 is 5.82 Å². The lowest BCUT2D eigenvalue weighted by Gasteiger charge is -2.34. The lowest BCUT2D eigenvalue weighted by molar-refractivity contribution is -0.0275. The number of likely N-dealkylation sites (N-methyl/N-ethyl adjacent to an activating group) is 1. The fraction of sp³-hybridized carbons (Fsp3) is 0.647. The van der Waals surface area contributed by atoms with Crippen molar-refractivity contribution in [1.82, 2.24) is 29.9 Å². The van der Waals surface area contributed by atoms with Crippen molar-refractivity contribution in [3.8, 4) is 0 Å². The number of nitrogens with zero attached hydrogens (tertiary/aromatic N) is 7. The normalized spacial score (nSPS) is 21.4. The first kappa shape index (κ1) is 16.4. The van der Waals surface area contributed by atoms with Gasteiger partial charge >= 0.3 is 0 Å². The summed E-state index contributed by atoms with van der Waals surface area (Å²) in [4.78, 5) is 4.49. The van der Waals surface area contributed by atoms with E-state index in [0.717, 1.165) is 50.3 Å². The van der Waals surface area contributed by atoms with Crippen molar-refractivity contribution in [3.63, 3.8) is 0 Å². The van der Waals surface area contributed by atoms with E-state index in [2.05, 4.69) is 41.8 Å². The van der Waals surface area contributed by atoms with Gasteiger partial charge in [0, 0.05) is 45.8 Å². The summed E-state index contributed by atoms with van der Waals surface area (Å²) >= 11 is 0. The molecule has 1 atom stereocenters. The molecule has 0 N–H and O–H groups in total. The quantitative estimate of drug-likeness (QED) is 0.769. The van der Waals surface area contributed by atoms with Crippen molar-refractivity contribution in [1.29, 1.82) is 0 Å². The second-order valence-electron chi connectivity index (χ2n) is 7.00. The largest absolute Gasteiger partial charge is 0.374 e. The van der Waals surface area contributed by atoms with E-state index in [0.29, 0.717) is 5.92 Å². The molecule has 1 saturated carbocycles. The highest BCUT2D eigenvalue weighted by atomic mass is 16.5. The first-order valence-corrected chi connectivity index (χ1v) is 8.91. The predicted molar refractivity (Wildman–Crippen MR) is 93.3 cm³/mol. The maximum Gasteiger partial charge on any atom is 0.151 e. The Morgan fingerprint density at radius 3 is 2.92 bits per heavy atom. The SMILES string of the molecule is CN(CC1CN(Cc2nnc(C3CC3)n2C)CCO1)c1cccnn1. The zero-order chi connectivity index (χ0) is 17.2. The van der Waals surface area contributed by atoms with Gasteiger partial charge in [-0.1, -0.05) is 0 Å². The van der Waals surface area contributed by atoms with Gasteiger partial charge in [0.25, 0.3) is 0 Å². The molecular weight excluding hydrogens is 318 g/mol. The van der Waals surface area contributed by atoms with Gasteiger partial charge in [0.1, 0.15) is 11.6 Å². The molecule has 0 bridgehead atoms. The minimum Gasteiger partial charge on any atom is -0.374 e. The summed E-state index contributed by atoms with van der Waals surface area (Å²) in [5.74, 6) is 3.68. The smallest absolute Gasteiger partial charge is 0.151 e. The molecule has 2 fully saturated rings. The lowest BCUT2D eigenvalue weighted by Crippen LogP contribution is -2.47. The van der Waals surface area contributed by atoms with Crippen molar-refractivity contribution < 1.29 is 4.74 Å². The Balaban J connectivity index is 1.34. The van der Waals surface area contributed by atoms with E-state index in [4.69, 9.17) is 4.74 Å². The molecule has 0 radical (unpaired) electrons. The van der Waals surface area contributed by atoms with Crippen molar-refractivity contribution in [2.24, 2.45) is 7.05 Å². The second-order valence-corrected chi connectivity index (χ2v) is 7.00. The zero-order valence-corrected chi connectivity index (χ0v) is 14.9. The molecule has 4 rings (SSSR count). The Labute approximate surface area is 147 Å². The number of anilines is 1. The van der Waals surface area contributed by atoms with E-state index in [-0.39, 0.29) is 6.10 Å². The maximum absolute atomic E-state index is 5.95. The highest BCUT2D eigenvalue weighted by Crippen LogP contribution is 2.38. The Bertz CT molecular complexity index is 700. The molecule has 2 aromatic rings. The Hall–Kier alpha value is -2.06. The van der Waals surface area contributed by atoms with E-state index in [1.807, 2.05) is 19.2 Å². The molecule has 1 aliphatic carbocycles. The third-order valence-corrected chi connectivity index (χ3v) is 4.96. The number of ether oxygens (including phenoxy) is 1. The monoisotopic (exact) mass is 343 g/mol. The lowest BCUT2D eigenvalue weighted by atomic mass is 10.2. The molecule has 1 aliphatic heterocycles. The molecule has 2 aliphatic rings. The van der Waals surface area contributed by atoms with Crippen LogP contribution in [0.4, 0.5) is 5.82 Å². The van der Waals surface area contributed by atoms with Crippen LogP contribution in [0, 0.1) is 0 Å². The Kier molecular flexibility index (Phi) is 4.63. The van der Waals surface area contributed by atoms with Gasteiger partial charge in [-0.2, -0.15) is 5.10 Å². The van der Waals surface area contributed by atoms with Crippen molar-refractivity contribution in [3.05, 3.63) is 30.0 Å². The van der Waals surface area contributed by atoms with Gasteiger partial charge < -0.3 is 14.2 Å². The molecule has 25 heavy (non-hydrogen) atoms. The average Bonchev–Trinajstić information content (AvgIpc) is 3.41. The topological polar surface area (TPSA) is 72.2 Å². The minimum atomic E-state index is 0.150. The number of morpholine rings is 1. The van der Waals surface area contributed by atoms with Crippen LogP contribution in [0.2, 0.25) is 0 Å². The molecule has 2 aromatic heterocycles. The molecule has 0 spiro atoms. The second kappa shape index (κ2) is 7.05. The summed E-state index contributed by atoms with van der Waals surface area (Å²) in [5.41, 5.74) is 0. The van der Waals surface area contributed by atoms with Crippen molar-refractivity contribution in [2.75, 3.05) is 38.2 Å². The predicted octanol–water partition coefficient (Wildman–Crippen LogP) is 0.820. The molecule has 1 unspecified atom stereocenters. The fourth-order valence-corrected chi connectivity index (χ4v) is 3.34. The van der Waals surface area contributed by atoms with Gasteiger partial charge in [-0.05, 0) is 25.0 Å². The molecule has 134 valence electrons. The Morgan fingerprint density at radius 2 is 2.16 bits per heavy atom. The van der Waals surface area contributed by atoms with Crippen LogP contribution in [0.1, 0.15) is 30.4 Å². The third-order valence-electron chi connectivity index (χ3n) is 4.96. The minimum absolute atomic E-state index is 0.150. The summed E-state index contributed by atoms with van der Waals surface area (Å²) in [5, 5.41) is 16.9. The molecule has 1 saturated heterocycles. The number of hydrogen-bond acceptors (Lipinski definition) is 7. The molecule has 0 aromatic carbocycles. The van der Waals surface area contributed by atoms with Crippen LogP contribution in [0.3, 0.4) is 0 Å². The zero-order valence-electron chi connectivity index (χ0n) is 14.9. The Morgan fingerprint density at radius 1 is 1.28 bits per heavy atom. The fourth-order valence-electron chi connectivity index (χ4n) is 3.34. The molecular formula is C17H25N7O. The van der Waals surface area contributed by atoms with Crippen LogP contribution in [0.15, 0.2) is 18.3 Å². The number of aromatic nitrogens is 5. The van der Waals surface area contributed by atoms with Crippen LogP contribution < -0.4 is 4.90 Å². The van der Waals surface area contributed by atoms with Crippen LogP contribution in [-0.4, -0.2) is 69.3 Å². The first-order valence-electron chi connectivity index (χ1n) is 8.91. The van der Waals surface area contributed by atoms with Gasteiger partial charge in [-0.3, -0.25) is 4.90 Å². The first-order chi connectivity index (χ1) is 12.2. The van der Waals surface area contributed by atoms with E-state index < -0.39 is 0 Å². The van der Waals surface area contributed by atoms with E-state index >= 15 is 0 Å². The van der Waals surface area contributed by atoms with Gasteiger partial charge in [0.15, 0.2) is 5.82 Å². The highest BCUT2D eigenvalue weighted by molar-refractivity contribution is 5.35. The molecule has 8 nitrogen and oxygen atoms in total. The molecule has 8 heteroatoms. The van der Waals surface area contributed by atoms with Crippen LogP contribution in [-0.2, 0) is 18.3 Å².